The standard InChI is InChI=1S/C17H24BN3O2/c1-16(2)17(3,4)23-18(22-16)14-5-6-15(20-12-14)21-9-7-13(11-19)8-10-21/h5-6,12-13H,7-10H2,1-4H3. The van der Waals surface area contributed by atoms with Crippen molar-refractivity contribution in [1.29, 1.82) is 5.26 Å². The lowest BCUT2D eigenvalue weighted by atomic mass is 9.80. The Morgan fingerprint density at radius 2 is 1.78 bits per heavy atom. The van der Waals surface area contributed by atoms with E-state index < -0.39 is 0 Å². The van der Waals surface area contributed by atoms with Gasteiger partial charge >= 0.3 is 7.12 Å². The molecule has 3 rings (SSSR count). The number of nitriles is 1. The number of hydrogen-bond acceptors (Lipinski definition) is 5. The van der Waals surface area contributed by atoms with Crippen LogP contribution in [0.15, 0.2) is 18.3 Å². The SMILES string of the molecule is CC1(C)OB(c2ccc(N3CCC(C#N)CC3)nc2)OC1(C)C. The molecule has 0 aliphatic carbocycles. The molecule has 5 nitrogen and oxygen atoms in total. The van der Waals surface area contributed by atoms with Crippen LogP contribution in [0.3, 0.4) is 0 Å². The summed E-state index contributed by atoms with van der Waals surface area (Å²) in [5, 5.41) is 8.98. The zero-order valence-electron chi connectivity index (χ0n) is 14.4. The average molecular weight is 313 g/mol. The van der Waals surface area contributed by atoms with Crippen molar-refractivity contribution in [1.82, 2.24) is 4.98 Å². The highest BCUT2D eigenvalue weighted by Crippen LogP contribution is 2.36. The molecule has 0 radical (unpaired) electrons. The lowest BCUT2D eigenvalue weighted by Crippen LogP contribution is -2.41. The van der Waals surface area contributed by atoms with E-state index in [1.165, 1.54) is 0 Å². The van der Waals surface area contributed by atoms with E-state index >= 15 is 0 Å². The number of aromatic nitrogens is 1. The van der Waals surface area contributed by atoms with Crippen molar-refractivity contribution >= 4 is 18.4 Å². The molecule has 0 aromatic carbocycles. The molecule has 2 fully saturated rings. The van der Waals surface area contributed by atoms with Gasteiger partial charge in [0.15, 0.2) is 0 Å². The number of rotatable bonds is 2. The zero-order valence-corrected chi connectivity index (χ0v) is 14.4. The van der Waals surface area contributed by atoms with Gasteiger partial charge in [-0.1, -0.05) is 6.07 Å². The maximum Gasteiger partial charge on any atom is 0.496 e. The third-order valence-corrected chi connectivity index (χ3v) is 5.30. The fraction of sp³-hybridized carbons (Fsp3) is 0.647. The minimum absolute atomic E-state index is 0.190. The monoisotopic (exact) mass is 313 g/mol. The molecule has 0 amide bonds. The van der Waals surface area contributed by atoms with Crippen molar-refractivity contribution in [2.24, 2.45) is 5.92 Å². The molecule has 2 aliphatic heterocycles. The molecule has 3 heterocycles. The number of anilines is 1. The van der Waals surface area contributed by atoms with Gasteiger partial charge in [0.1, 0.15) is 5.82 Å². The largest absolute Gasteiger partial charge is 0.496 e. The van der Waals surface area contributed by atoms with Crippen LogP contribution < -0.4 is 10.4 Å². The molecule has 2 saturated heterocycles. The van der Waals surface area contributed by atoms with Gasteiger partial charge in [0.25, 0.3) is 0 Å². The molecule has 0 N–H and O–H groups in total. The summed E-state index contributed by atoms with van der Waals surface area (Å²) in [6.45, 7) is 9.98. The summed E-state index contributed by atoms with van der Waals surface area (Å²) in [4.78, 5) is 6.81. The Balaban J connectivity index is 1.68. The molecule has 1 aromatic rings. The predicted octanol–water partition coefficient (Wildman–Crippen LogP) is 2.12. The smallest absolute Gasteiger partial charge is 0.399 e. The van der Waals surface area contributed by atoms with E-state index in [0.29, 0.717) is 0 Å². The Labute approximate surface area is 138 Å². The van der Waals surface area contributed by atoms with Gasteiger partial charge in [0.05, 0.1) is 17.3 Å². The van der Waals surface area contributed by atoms with E-state index in [4.69, 9.17) is 14.6 Å². The average Bonchev–Trinajstić information content (AvgIpc) is 2.76. The van der Waals surface area contributed by atoms with E-state index in [2.05, 4.69) is 16.0 Å². The van der Waals surface area contributed by atoms with Crippen molar-refractivity contribution in [2.45, 2.75) is 51.7 Å². The highest BCUT2D eigenvalue weighted by Gasteiger charge is 2.51. The van der Waals surface area contributed by atoms with Crippen molar-refractivity contribution in [3.63, 3.8) is 0 Å². The van der Waals surface area contributed by atoms with Gasteiger partial charge in [-0.2, -0.15) is 5.26 Å². The summed E-state index contributed by atoms with van der Waals surface area (Å²) in [6.07, 6.45) is 3.67. The summed E-state index contributed by atoms with van der Waals surface area (Å²) in [6, 6.07) is 6.41. The molecule has 23 heavy (non-hydrogen) atoms. The van der Waals surface area contributed by atoms with Crippen molar-refractivity contribution in [2.75, 3.05) is 18.0 Å². The fourth-order valence-corrected chi connectivity index (χ4v) is 2.94. The molecule has 122 valence electrons. The van der Waals surface area contributed by atoms with Gasteiger partial charge in [0.2, 0.25) is 0 Å². The molecule has 6 heteroatoms. The maximum absolute atomic E-state index is 8.98. The Kier molecular flexibility index (Phi) is 4.11. The topological polar surface area (TPSA) is 58.4 Å². The first kappa shape index (κ1) is 16.3. The van der Waals surface area contributed by atoms with Crippen LogP contribution in [0.1, 0.15) is 40.5 Å². The minimum Gasteiger partial charge on any atom is -0.399 e. The van der Waals surface area contributed by atoms with Gasteiger partial charge in [-0.15, -0.1) is 0 Å². The Bertz CT molecular complexity index is 585. The van der Waals surface area contributed by atoms with Crippen molar-refractivity contribution < 1.29 is 9.31 Å². The summed E-state index contributed by atoms with van der Waals surface area (Å²) < 4.78 is 12.1. The molecule has 0 saturated carbocycles. The Morgan fingerprint density at radius 1 is 1.17 bits per heavy atom. The first-order valence-corrected chi connectivity index (χ1v) is 8.28. The summed E-state index contributed by atoms with van der Waals surface area (Å²) in [5.74, 6) is 1.15. The van der Waals surface area contributed by atoms with Crippen LogP contribution in [-0.2, 0) is 9.31 Å². The molecular weight excluding hydrogens is 289 g/mol. The van der Waals surface area contributed by atoms with E-state index in [-0.39, 0.29) is 24.2 Å². The summed E-state index contributed by atoms with van der Waals surface area (Å²) in [7, 11) is -0.370. The lowest BCUT2D eigenvalue weighted by Gasteiger charge is -2.32. The maximum atomic E-state index is 8.98. The van der Waals surface area contributed by atoms with Gasteiger partial charge in [-0.25, -0.2) is 4.98 Å². The lowest BCUT2D eigenvalue weighted by molar-refractivity contribution is 0.00578. The quantitative estimate of drug-likeness (QED) is 0.783. The summed E-state index contributed by atoms with van der Waals surface area (Å²) in [5.41, 5.74) is 0.268. The molecule has 0 unspecified atom stereocenters. The number of hydrogen-bond donors (Lipinski definition) is 0. The van der Waals surface area contributed by atoms with Crippen LogP contribution in [0.25, 0.3) is 0 Å². The first-order valence-electron chi connectivity index (χ1n) is 8.28. The second-order valence-corrected chi connectivity index (χ2v) is 7.43. The predicted molar refractivity (Wildman–Crippen MR) is 90.5 cm³/mol. The number of nitrogens with zero attached hydrogens (tertiary/aromatic N) is 3. The van der Waals surface area contributed by atoms with Crippen LogP contribution in [0.4, 0.5) is 5.82 Å². The summed E-state index contributed by atoms with van der Waals surface area (Å²) >= 11 is 0. The van der Waals surface area contributed by atoms with Crippen molar-refractivity contribution in [3.8, 4) is 6.07 Å². The number of pyridine rings is 1. The highest BCUT2D eigenvalue weighted by molar-refractivity contribution is 6.62. The molecule has 0 bridgehead atoms. The van der Waals surface area contributed by atoms with Gasteiger partial charge < -0.3 is 14.2 Å². The van der Waals surface area contributed by atoms with Gasteiger partial charge in [-0.3, -0.25) is 0 Å². The van der Waals surface area contributed by atoms with E-state index in [0.717, 1.165) is 37.2 Å². The van der Waals surface area contributed by atoms with Crippen LogP contribution in [0.2, 0.25) is 0 Å². The molecule has 2 aliphatic rings. The second-order valence-electron chi connectivity index (χ2n) is 7.43. The highest BCUT2D eigenvalue weighted by atomic mass is 16.7. The second kappa shape index (κ2) is 5.81. The fourth-order valence-electron chi connectivity index (χ4n) is 2.94. The normalized spacial score (nSPS) is 23.8. The molecule has 0 spiro atoms. The van der Waals surface area contributed by atoms with Gasteiger partial charge in [0, 0.05) is 30.7 Å². The number of piperidine rings is 1. The first-order chi connectivity index (χ1) is 10.8. The van der Waals surface area contributed by atoms with Crippen LogP contribution >= 0.6 is 0 Å². The van der Waals surface area contributed by atoms with Crippen LogP contribution in [0.5, 0.6) is 0 Å². The molecule has 1 aromatic heterocycles. The van der Waals surface area contributed by atoms with Crippen LogP contribution in [0, 0.1) is 17.2 Å². The van der Waals surface area contributed by atoms with Crippen molar-refractivity contribution in [3.05, 3.63) is 18.3 Å². The van der Waals surface area contributed by atoms with E-state index in [1.807, 2.05) is 46.0 Å². The third-order valence-electron chi connectivity index (χ3n) is 5.30. The van der Waals surface area contributed by atoms with E-state index in [1.54, 1.807) is 0 Å². The Hall–Kier alpha value is -1.58. The Morgan fingerprint density at radius 3 is 2.26 bits per heavy atom. The molecular formula is C17H24BN3O2. The third kappa shape index (κ3) is 3.08. The van der Waals surface area contributed by atoms with Gasteiger partial charge in [-0.05, 0) is 46.6 Å². The van der Waals surface area contributed by atoms with E-state index in [9.17, 15) is 0 Å². The zero-order chi connectivity index (χ0) is 16.7. The van der Waals surface area contributed by atoms with Crippen LogP contribution in [-0.4, -0.2) is 36.4 Å². The molecule has 0 atom stereocenters. The minimum atomic E-state index is -0.370.